The van der Waals surface area contributed by atoms with Gasteiger partial charge in [-0.2, -0.15) is 13.2 Å². The maximum absolute atomic E-state index is 12.9. The number of fused-ring (bicyclic) bond motifs is 1. The van der Waals surface area contributed by atoms with E-state index in [-0.39, 0.29) is 21.9 Å². The molecule has 1 saturated heterocycles. The molecule has 0 saturated carbocycles. The quantitative estimate of drug-likeness (QED) is 0.527. The van der Waals surface area contributed by atoms with Gasteiger partial charge in [-0.3, -0.25) is 4.79 Å². The first-order valence-corrected chi connectivity index (χ1v) is 9.67. The van der Waals surface area contributed by atoms with Crippen molar-refractivity contribution in [3.8, 4) is 0 Å². The van der Waals surface area contributed by atoms with Crippen molar-refractivity contribution in [2.75, 3.05) is 5.32 Å². The number of hydrogen-bond acceptors (Lipinski definition) is 4. The van der Waals surface area contributed by atoms with Gasteiger partial charge in [-0.15, -0.1) is 0 Å². The van der Waals surface area contributed by atoms with Crippen LogP contribution >= 0.6 is 23.4 Å². The second-order valence-corrected chi connectivity index (χ2v) is 7.98. The summed E-state index contributed by atoms with van der Waals surface area (Å²) in [6, 6.07) is 11.9. The summed E-state index contributed by atoms with van der Waals surface area (Å²) in [5.41, 5.74) is 0.762. The Morgan fingerprint density at radius 3 is 2.62 bits per heavy atom. The van der Waals surface area contributed by atoms with Crippen LogP contribution in [0.3, 0.4) is 0 Å². The lowest BCUT2D eigenvalue weighted by Gasteiger charge is -2.13. The molecule has 1 amide bonds. The van der Waals surface area contributed by atoms with Crippen molar-refractivity contribution in [1.82, 2.24) is 10.3 Å². The van der Waals surface area contributed by atoms with Crippen LogP contribution in [0.25, 0.3) is 10.9 Å². The number of nitrogens with zero attached hydrogens (tertiary/aromatic N) is 1. The summed E-state index contributed by atoms with van der Waals surface area (Å²) in [6.07, 6.45) is -4.47. The zero-order valence-electron chi connectivity index (χ0n) is 14.7. The molecule has 1 aliphatic rings. The van der Waals surface area contributed by atoms with Crippen LogP contribution in [0.1, 0.15) is 16.4 Å². The average molecular weight is 436 g/mol. The Hall–Kier alpha value is -2.71. The zero-order valence-corrected chi connectivity index (χ0v) is 16.3. The van der Waals surface area contributed by atoms with Crippen molar-refractivity contribution in [2.45, 2.75) is 11.4 Å². The SMILES string of the molecule is C=C1NC(=O)C(c2ccc3nc(Nc4cc(C(F)(F)F)ccc4Cl)ccc3c2)S1. The monoisotopic (exact) mass is 435 g/mol. The second kappa shape index (κ2) is 7.27. The highest BCUT2D eigenvalue weighted by Crippen LogP contribution is 2.39. The highest BCUT2D eigenvalue weighted by Gasteiger charge is 2.31. The number of aromatic nitrogens is 1. The maximum atomic E-state index is 12.9. The number of benzene rings is 2. The predicted molar refractivity (Wildman–Crippen MR) is 109 cm³/mol. The molecule has 1 aliphatic heterocycles. The summed E-state index contributed by atoms with van der Waals surface area (Å²) in [6.45, 7) is 3.75. The van der Waals surface area contributed by atoms with Gasteiger partial charge in [0.1, 0.15) is 11.1 Å². The van der Waals surface area contributed by atoms with Crippen molar-refractivity contribution < 1.29 is 18.0 Å². The number of anilines is 2. The third kappa shape index (κ3) is 4.04. The number of halogens is 4. The molecule has 2 aromatic carbocycles. The van der Waals surface area contributed by atoms with Gasteiger partial charge in [0.15, 0.2) is 0 Å². The van der Waals surface area contributed by atoms with Gasteiger partial charge in [-0.1, -0.05) is 36.0 Å². The largest absolute Gasteiger partial charge is 0.416 e. The number of nitrogens with one attached hydrogen (secondary N) is 2. The maximum Gasteiger partial charge on any atom is 0.416 e. The first-order valence-electron chi connectivity index (χ1n) is 8.41. The van der Waals surface area contributed by atoms with Gasteiger partial charge in [-0.05, 0) is 48.0 Å². The van der Waals surface area contributed by atoms with Gasteiger partial charge in [0, 0.05) is 5.39 Å². The Kier molecular flexibility index (Phi) is 4.92. The van der Waals surface area contributed by atoms with Crippen molar-refractivity contribution in [3.05, 3.63) is 76.3 Å². The van der Waals surface area contributed by atoms with Crippen LogP contribution in [0.15, 0.2) is 60.1 Å². The molecule has 0 aliphatic carbocycles. The first-order chi connectivity index (χ1) is 13.7. The van der Waals surface area contributed by atoms with Gasteiger partial charge < -0.3 is 10.6 Å². The number of alkyl halides is 3. The van der Waals surface area contributed by atoms with Crippen molar-refractivity contribution in [1.29, 1.82) is 0 Å². The van der Waals surface area contributed by atoms with Gasteiger partial charge >= 0.3 is 6.18 Å². The molecular weight excluding hydrogens is 423 g/mol. The van der Waals surface area contributed by atoms with E-state index >= 15 is 0 Å². The van der Waals surface area contributed by atoms with E-state index in [1.807, 2.05) is 6.07 Å². The van der Waals surface area contributed by atoms with Crippen molar-refractivity contribution in [3.63, 3.8) is 0 Å². The number of carbonyl (C=O) groups excluding carboxylic acids is 1. The number of rotatable bonds is 3. The number of hydrogen-bond donors (Lipinski definition) is 2. The summed E-state index contributed by atoms with van der Waals surface area (Å²) >= 11 is 7.38. The van der Waals surface area contributed by atoms with Crippen molar-refractivity contribution >= 4 is 51.7 Å². The molecule has 0 bridgehead atoms. The standard InChI is InChI=1S/C20H13ClF3N3OS/c1-10-25-19(28)18(29-10)12-2-6-15-11(8-12)3-7-17(26-15)27-16-9-13(20(22,23)24)4-5-14(16)21/h2-9,18H,1H2,(H,25,28)(H,26,27). The van der Waals surface area contributed by atoms with Crippen LogP contribution in [0.4, 0.5) is 24.7 Å². The molecule has 148 valence electrons. The normalized spacial score (nSPS) is 16.9. The van der Waals surface area contributed by atoms with Crippen LogP contribution in [-0.4, -0.2) is 10.9 Å². The average Bonchev–Trinajstić information content (AvgIpc) is 3.00. The predicted octanol–water partition coefficient (Wildman–Crippen LogP) is 6.03. The van der Waals surface area contributed by atoms with E-state index in [4.69, 9.17) is 11.6 Å². The lowest BCUT2D eigenvalue weighted by atomic mass is 10.1. The van der Waals surface area contributed by atoms with E-state index in [2.05, 4.69) is 22.2 Å². The Morgan fingerprint density at radius 1 is 1.14 bits per heavy atom. The number of thioether (sulfide) groups is 1. The summed E-state index contributed by atoms with van der Waals surface area (Å²) < 4.78 is 38.8. The Balaban J connectivity index is 1.63. The molecule has 3 aromatic rings. The van der Waals surface area contributed by atoms with Gasteiger partial charge in [0.05, 0.1) is 26.8 Å². The molecule has 2 heterocycles. The van der Waals surface area contributed by atoms with Gasteiger partial charge in [-0.25, -0.2) is 4.98 Å². The molecule has 1 unspecified atom stereocenters. The Morgan fingerprint density at radius 2 is 1.93 bits per heavy atom. The van der Waals surface area contributed by atoms with E-state index < -0.39 is 11.7 Å². The third-order valence-electron chi connectivity index (χ3n) is 4.33. The van der Waals surface area contributed by atoms with Gasteiger partial charge in [0.25, 0.3) is 0 Å². The molecule has 4 nitrogen and oxygen atoms in total. The summed E-state index contributed by atoms with van der Waals surface area (Å²) in [4.78, 5) is 16.4. The molecule has 1 atom stereocenters. The Labute approximate surface area is 173 Å². The fourth-order valence-corrected chi connectivity index (χ4v) is 4.02. The molecule has 29 heavy (non-hydrogen) atoms. The van der Waals surface area contributed by atoms with E-state index in [1.54, 1.807) is 24.3 Å². The third-order valence-corrected chi connectivity index (χ3v) is 5.77. The summed E-state index contributed by atoms with van der Waals surface area (Å²) in [7, 11) is 0. The molecule has 1 fully saturated rings. The summed E-state index contributed by atoms with van der Waals surface area (Å²) in [5.74, 6) is 0.234. The lowest BCUT2D eigenvalue weighted by molar-refractivity contribution is -0.137. The molecule has 2 N–H and O–H groups in total. The van der Waals surface area contributed by atoms with E-state index in [9.17, 15) is 18.0 Å². The lowest BCUT2D eigenvalue weighted by Crippen LogP contribution is -2.16. The minimum absolute atomic E-state index is 0.113. The zero-order chi connectivity index (χ0) is 20.8. The second-order valence-electron chi connectivity index (χ2n) is 6.38. The fourth-order valence-electron chi connectivity index (χ4n) is 2.96. The number of amides is 1. The van der Waals surface area contributed by atoms with Crippen LogP contribution in [0.2, 0.25) is 5.02 Å². The highest BCUT2D eigenvalue weighted by atomic mass is 35.5. The van der Waals surface area contributed by atoms with Crippen LogP contribution in [0, 0.1) is 0 Å². The first kappa shape index (κ1) is 19.6. The molecule has 0 spiro atoms. The van der Waals surface area contributed by atoms with E-state index in [0.717, 1.165) is 23.1 Å². The number of carbonyl (C=O) groups is 1. The Bertz CT molecular complexity index is 1150. The fraction of sp³-hybridized carbons (Fsp3) is 0.100. The minimum atomic E-state index is -4.47. The van der Waals surface area contributed by atoms with E-state index in [1.165, 1.54) is 17.8 Å². The van der Waals surface area contributed by atoms with Crippen molar-refractivity contribution in [2.24, 2.45) is 0 Å². The number of pyridine rings is 1. The smallest absolute Gasteiger partial charge is 0.339 e. The molecule has 0 radical (unpaired) electrons. The van der Waals surface area contributed by atoms with Crippen LogP contribution in [0.5, 0.6) is 0 Å². The summed E-state index contributed by atoms with van der Waals surface area (Å²) in [5, 5.41) is 6.71. The molecular formula is C20H13ClF3N3OS. The minimum Gasteiger partial charge on any atom is -0.339 e. The van der Waals surface area contributed by atoms with Crippen LogP contribution in [-0.2, 0) is 11.0 Å². The van der Waals surface area contributed by atoms with Crippen LogP contribution < -0.4 is 10.6 Å². The topological polar surface area (TPSA) is 54.0 Å². The molecule has 4 rings (SSSR count). The van der Waals surface area contributed by atoms with E-state index in [0.29, 0.717) is 16.4 Å². The van der Waals surface area contributed by atoms with Gasteiger partial charge in [0.2, 0.25) is 5.91 Å². The molecule has 1 aromatic heterocycles. The highest BCUT2D eigenvalue weighted by molar-refractivity contribution is 8.04. The molecule has 9 heteroatoms.